The molecule has 0 saturated heterocycles. The minimum absolute atomic E-state index is 0.188. The van der Waals surface area contributed by atoms with Crippen molar-refractivity contribution in [3.05, 3.63) is 30.3 Å². The molecule has 16 heavy (non-hydrogen) atoms. The van der Waals surface area contributed by atoms with Crippen LogP contribution in [-0.4, -0.2) is 14.3 Å². The molecule has 0 saturated carbocycles. The highest BCUT2D eigenvalue weighted by molar-refractivity contribution is 9.11. The molecule has 0 aliphatic carbocycles. The first kappa shape index (κ1) is 13.2. The Balaban J connectivity index is 3.52. The molecular weight excluding hydrogens is 304 g/mol. The van der Waals surface area contributed by atoms with E-state index in [0.29, 0.717) is 0 Å². The van der Waals surface area contributed by atoms with E-state index in [4.69, 9.17) is 0 Å². The van der Waals surface area contributed by atoms with E-state index in [1.54, 1.807) is 6.07 Å². The molecule has 0 fully saturated rings. The smallest absolute Gasteiger partial charge is 0.272 e. The van der Waals surface area contributed by atoms with Crippen molar-refractivity contribution in [1.82, 2.24) is 0 Å². The van der Waals surface area contributed by atoms with E-state index < -0.39 is 19.8 Å². The lowest BCUT2D eigenvalue weighted by atomic mass is 10.4. The topological polar surface area (TPSA) is 46.5 Å². The van der Waals surface area contributed by atoms with Gasteiger partial charge < -0.3 is 0 Å². The number of rotatable bonds is 2. The zero-order valence-electron chi connectivity index (χ0n) is 8.19. The van der Waals surface area contributed by atoms with Gasteiger partial charge in [0.2, 0.25) is 0 Å². The molecule has 0 heterocycles. The van der Waals surface area contributed by atoms with E-state index in [2.05, 4.69) is 4.36 Å². The molecule has 1 rings (SSSR count). The summed E-state index contributed by atoms with van der Waals surface area (Å²) < 4.78 is 37.7. The predicted octanol–water partition coefficient (Wildman–Crippen LogP) is 3.01. The third-order valence-corrected chi connectivity index (χ3v) is 5.00. The highest BCUT2D eigenvalue weighted by Crippen LogP contribution is 2.36. The molecule has 1 atom stereocenters. The average Bonchev–Trinajstić information content (AvgIpc) is 2.16. The molecule has 0 bridgehead atoms. The molecule has 1 amide bonds. The quantitative estimate of drug-likeness (QED) is 0.788. The first-order valence-corrected chi connectivity index (χ1v) is 6.47. The predicted molar refractivity (Wildman–Crippen MR) is 59.8 cm³/mol. The molecule has 1 aromatic carbocycles. The van der Waals surface area contributed by atoms with Gasteiger partial charge in [0.05, 0.1) is 4.90 Å². The molecule has 0 radical (unpaired) electrons. The van der Waals surface area contributed by atoms with Crippen LogP contribution in [0.15, 0.2) is 39.6 Å². The number of carbonyl (C=O) groups excluding carboxylic acids is 1. The fourth-order valence-electron chi connectivity index (χ4n) is 1.02. The van der Waals surface area contributed by atoms with Crippen molar-refractivity contribution in [2.75, 3.05) is 0 Å². The molecule has 7 heteroatoms. The van der Waals surface area contributed by atoms with Crippen molar-refractivity contribution in [2.24, 2.45) is 4.36 Å². The van der Waals surface area contributed by atoms with Crippen molar-refractivity contribution in [3.8, 4) is 0 Å². The Bertz CT molecular complexity index is 504. The van der Waals surface area contributed by atoms with Gasteiger partial charge in [-0.15, -0.1) is 0 Å². The van der Waals surface area contributed by atoms with Gasteiger partial charge in [0, 0.05) is 22.9 Å². The molecule has 0 aliphatic rings. The SMILES string of the molecule is CC(=O)N=[S@](=O)(c1ccccc1)C(F)(F)Br. The van der Waals surface area contributed by atoms with Crippen LogP contribution in [0.1, 0.15) is 6.92 Å². The van der Waals surface area contributed by atoms with Gasteiger partial charge in [-0.05, 0) is 12.1 Å². The van der Waals surface area contributed by atoms with Crippen molar-refractivity contribution < 1.29 is 17.8 Å². The second-order valence-corrected chi connectivity index (χ2v) is 6.63. The average molecular weight is 312 g/mol. The van der Waals surface area contributed by atoms with Crippen LogP contribution in [0, 0.1) is 0 Å². The Morgan fingerprint density at radius 2 is 1.88 bits per heavy atom. The number of carbonyl (C=O) groups is 1. The molecule has 1 aromatic rings. The number of nitrogens with zero attached hydrogens (tertiary/aromatic N) is 1. The van der Waals surface area contributed by atoms with E-state index in [1.807, 2.05) is 15.9 Å². The number of amides is 1. The highest BCUT2D eigenvalue weighted by atomic mass is 79.9. The largest absolute Gasteiger partial charge is 0.387 e. The summed E-state index contributed by atoms with van der Waals surface area (Å²) in [5, 5.41) is 0. The van der Waals surface area contributed by atoms with E-state index in [-0.39, 0.29) is 4.90 Å². The van der Waals surface area contributed by atoms with Crippen LogP contribution in [0.3, 0.4) is 0 Å². The van der Waals surface area contributed by atoms with Crippen molar-refractivity contribution in [2.45, 2.75) is 16.0 Å². The number of hydrogen-bond acceptors (Lipinski definition) is 2. The van der Waals surface area contributed by atoms with Crippen LogP contribution >= 0.6 is 15.9 Å². The van der Waals surface area contributed by atoms with Crippen molar-refractivity contribution in [3.63, 3.8) is 0 Å². The third-order valence-electron chi connectivity index (χ3n) is 1.63. The molecule has 0 unspecified atom stereocenters. The molecule has 0 N–H and O–H groups in total. The van der Waals surface area contributed by atoms with Crippen LogP contribution in [0.25, 0.3) is 0 Å². The summed E-state index contributed by atoms with van der Waals surface area (Å²) in [7, 11) is -4.12. The standard InChI is InChI=1S/C9H8BrF2NO2S/c1-7(14)13-16(15,9(10,11)12)8-5-3-2-4-6-8/h2-6H,1H3/t16-/m0/s1. The molecule has 88 valence electrons. The minimum atomic E-state index is -4.12. The van der Waals surface area contributed by atoms with Crippen LogP contribution in [0.4, 0.5) is 8.78 Å². The van der Waals surface area contributed by atoms with Crippen LogP contribution in [-0.2, 0) is 14.5 Å². The van der Waals surface area contributed by atoms with Crippen LogP contribution in [0.2, 0.25) is 0 Å². The maximum atomic E-state index is 13.2. The molecular formula is C9H8BrF2NO2S. The lowest BCUT2D eigenvalue weighted by molar-refractivity contribution is -0.115. The van der Waals surface area contributed by atoms with E-state index >= 15 is 0 Å². The number of benzene rings is 1. The summed E-state index contributed by atoms with van der Waals surface area (Å²) in [5.41, 5.74) is 0. The van der Waals surface area contributed by atoms with Gasteiger partial charge in [0.15, 0.2) is 9.73 Å². The first-order valence-electron chi connectivity index (χ1n) is 4.16. The highest BCUT2D eigenvalue weighted by Gasteiger charge is 2.41. The Hall–Kier alpha value is -0.820. The van der Waals surface area contributed by atoms with Crippen molar-refractivity contribution >= 4 is 31.6 Å². The van der Waals surface area contributed by atoms with Gasteiger partial charge in [-0.25, -0.2) is 4.21 Å². The summed E-state index contributed by atoms with van der Waals surface area (Å²) >= 11 is 2.01. The van der Waals surface area contributed by atoms with E-state index in [0.717, 1.165) is 6.92 Å². The van der Waals surface area contributed by atoms with Gasteiger partial charge in [0.25, 0.3) is 5.91 Å². The summed E-state index contributed by atoms with van der Waals surface area (Å²) in [6, 6.07) is 6.96. The van der Waals surface area contributed by atoms with Crippen LogP contribution in [0.5, 0.6) is 0 Å². The molecule has 3 nitrogen and oxygen atoms in total. The summed E-state index contributed by atoms with van der Waals surface area (Å²) in [6.45, 7) is 0.974. The maximum absolute atomic E-state index is 13.2. The van der Waals surface area contributed by atoms with Crippen molar-refractivity contribution in [1.29, 1.82) is 0 Å². The van der Waals surface area contributed by atoms with E-state index in [9.17, 15) is 17.8 Å². The van der Waals surface area contributed by atoms with Gasteiger partial charge in [-0.3, -0.25) is 4.79 Å². The maximum Gasteiger partial charge on any atom is 0.387 e. The molecule has 0 aliphatic heterocycles. The van der Waals surface area contributed by atoms with Crippen LogP contribution < -0.4 is 0 Å². The lowest BCUT2D eigenvalue weighted by Gasteiger charge is -2.14. The van der Waals surface area contributed by atoms with Gasteiger partial charge in [-0.2, -0.15) is 13.1 Å². The molecule has 0 aromatic heterocycles. The molecule has 0 spiro atoms. The monoisotopic (exact) mass is 311 g/mol. The third kappa shape index (κ3) is 2.65. The number of hydrogen-bond donors (Lipinski definition) is 0. The summed E-state index contributed by atoms with van der Waals surface area (Å²) in [4.78, 5) is 10.6. The summed E-state index contributed by atoms with van der Waals surface area (Å²) in [6.07, 6.45) is 0. The Morgan fingerprint density at radius 3 is 2.25 bits per heavy atom. The van der Waals surface area contributed by atoms with Gasteiger partial charge >= 0.3 is 4.16 Å². The Morgan fingerprint density at radius 1 is 1.38 bits per heavy atom. The van der Waals surface area contributed by atoms with Gasteiger partial charge in [-0.1, -0.05) is 18.2 Å². The Labute approximate surface area is 100 Å². The fraction of sp³-hybridized carbons (Fsp3) is 0.222. The number of halogens is 3. The number of alkyl halides is 3. The second kappa shape index (κ2) is 4.58. The Kier molecular flexibility index (Phi) is 3.80. The van der Waals surface area contributed by atoms with Gasteiger partial charge in [0.1, 0.15) is 0 Å². The second-order valence-electron chi connectivity index (χ2n) is 2.89. The fourth-order valence-corrected chi connectivity index (χ4v) is 3.17. The normalized spacial score (nSPS) is 15.2. The summed E-state index contributed by atoms with van der Waals surface area (Å²) in [5.74, 6) is -0.909. The zero-order chi connectivity index (χ0) is 12.4. The first-order chi connectivity index (χ1) is 7.27. The lowest BCUT2D eigenvalue weighted by Crippen LogP contribution is -2.22. The zero-order valence-corrected chi connectivity index (χ0v) is 10.6. The van der Waals surface area contributed by atoms with E-state index in [1.165, 1.54) is 24.3 Å². The minimum Gasteiger partial charge on any atom is -0.272 e.